The minimum Gasteiger partial charge on any atom is -0.507 e. The van der Waals surface area contributed by atoms with E-state index in [4.69, 9.17) is 86.4 Å². The highest BCUT2D eigenvalue weighted by Crippen LogP contribution is 2.43. The first-order valence-electron chi connectivity index (χ1n) is 43.0. The van der Waals surface area contributed by atoms with Crippen molar-refractivity contribution in [2.24, 2.45) is 0 Å². The Labute approximate surface area is 823 Å². The normalized spacial score (nSPS) is 11.2. The van der Waals surface area contributed by atoms with E-state index < -0.39 is 29.8 Å². The molecule has 0 bridgehead atoms. The van der Waals surface area contributed by atoms with Gasteiger partial charge in [-0.1, -0.05) is 137 Å². The van der Waals surface area contributed by atoms with Crippen LogP contribution in [0.15, 0.2) is 226 Å². The van der Waals surface area contributed by atoms with Crippen LogP contribution in [0.25, 0.3) is 0 Å². The number of phenols is 10. The predicted molar refractivity (Wildman–Crippen MR) is 518 cm³/mol. The Morgan fingerprint density at radius 2 is 0.568 bits per heavy atom. The molecular formula is C101H99Cl5N12O21. The van der Waals surface area contributed by atoms with Crippen LogP contribution in [-0.2, 0) is 108 Å². The SMILES string of the molecule is COC(=O)c1c(O)cc(O)c(Cl)c1CCc1nccn1Cc1ccc(OC)cc1.COC(=O)c1c(O)cc(O)c(Cl)c1CCc1nccn1Cc1cccnc1.COC(=O)c1c(O)cc(O)c(Cl)c1CCc1nccn1Cc1ccncc1.COC(=O)c1c(O)cc(O)c(Cl)c1CCc1nccn1[C@@H](C)c1ccccc1.COC(=O)c1c(O)cc(O)c(Cl)c1CCc1nccn1[C@H](C)c1ccccc1. The van der Waals surface area contributed by atoms with Gasteiger partial charge in [0.1, 0.15) is 120 Å². The van der Waals surface area contributed by atoms with Gasteiger partial charge in [-0.25, -0.2) is 48.9 Å². The molecule has 0 amide bonds. The van der Waals surface area contributed by atoms with Gasteiger partial charge >= 0.3 is 29.8 Å². The van der Waals surface area contributed by atoms with Crippen LogP contribution in [-0.4, -0.2) is 181 Å². The van der Waals surface area contributed by atoms with Gasteiger partial charge in [0.15, 0.2) is 0 Å². The van der Waals surface area contributed by atoms with Crippen LogP contribution >= 0.6 is 58.0 Å². The van der Waals surface area contributed by atoms with E-state index in [0.717, 1.165) is 93.0 Å². The van der Waals surface area contributed by atoms with Crippen molar-refractivity contribution in [3.05, 3.63) is 364 Å². The van der Waals surface area contributed by atoms with Crippen LogP contribution in [0.1, 0.15) is 162 Å². The number of methoxy groups -OCH3 is 6. The molecule has 33 nitrogen and oxygen atoms in total. The number of hydrogen-bond donors (Lipinski definition) is 10. The van der Waals surface area contributed by atoms with E-state index in [1.165, 1.54) is 35.5 Å². The summed E-state index contributed by atoms with van der Waals surface area (Å²) in [7, 11) is 7.71. The molecule has 0 unspecified atom stereocenters. The maximum absolute atomic E-state index is 12.1. The average molecular weight is 1990 g/mol. The summed E-state index contributed by atoms with van der Waals surface area (Å²) in [5, 5.41) is 100. The van der Waals surface area contributed by atoms with Gasteiger partial charge in [-0.05, 0) is 132 Å². The molecule has 15 rings (SSSR count). The van der Waals surface area contributed by atoms with Crippen molar-refractivity contribution in [3.8, 4) is 63.2 Å². The molecule has 7 aromatic heterocycles. The number of phenolic OH excluding ortho intramolecular Hbond substituents is 10. The molecule has 7 heterocycles. The second kappa shape index (κ2) is 49.5. The number of hydrogen-bond acceptors (Lipinski definition) is 28. The summed E-state index contributed by atoms with van der Waals surface area (Å²) in [6, 6.07) is 40.8. The zero-order valence-corrected chi connectivity index (χ0v) is 80.2. The minimum absolute atomic E-state index is 0.0106. The Hall–Kier alpha value is -15.3. The number of carbonyl (C=O) groups is 5. The van der Waals surface area contributed by atoms with E-state index >= 15 is 0 Å². The van der Waals surface area contributed by atoms with Gasteiger partial charge in [-0.2, -0.15) is 0 Å². The first-order chi connectivity index (χ1) is 66.8. The lowest BCUT2D eigenvalue weighted by molar-refractivity contribution is 0.0586. The monoisotopic (exact) mass is 1990 g/mol. The van der Waals surface area contributed by atoms with Crippen molar-refractivity contribution in [2.75, 3.05) is 42.7 Å². The Bertz CT molecular complexity index is 6440. The number of imidazole rings is 5. The summed E-state index contributed by atoms with van der Waals surface area (Å²) in [5.74, 6) is -2.22. The van der Waals surface area contributed by atoms with Crippen molar-refractivity contribution < 1.29 is 103 Å². The summed E-state index contributed by atoms with van der Waals surface area (Å²) in [6.07, 6.45) is 28.5. The Morgan fingerprint density at radius 1 is 0.295 bits per heavy atom. The first-order valence-corrected chi connectivity index (χ1v) is 44.8. The van der Waals surface area contributed by atoms with Crippen LogP contribution in [0, 0.1) is 0 Å². The average Bonchev–Trinajstić information content (AvgIpc) is 1.71. The van der Waals surface area contributed by atoms with Gasteiger partial charge < -0.3 is 102 Å². The highest BCUT2D eigenvalue weighted by molar-refractivity contribution is 6.35. The number of aryl methyl sites for hydroxylation is 5. The number of pyridine rings is 2. The number of aromatic nitrogens is 12. The van der Waals surface area contributed by atoms with Crippen LogP contribution in [0.2, 0.25) is 25.1 Å². The lowest BCUT2D eigenvalue weighted by Crippen LogP contribution is -2.12. The lowest BCUT2D eigenvalue weighted by atomic mass is 10.0. The molecule has 0 saturated carbocycles. The third-order valence-corrected chi connectivity index (χ3v) is 24.6. The summed E-state index contributed by atoms with van der Waals surface area (Å²) in [5.41, 5.74) is 6.84. The molecular weight excluding hydrogens is 1890 g/mol. The molecule has 724 valence electrons. The quantitative estimate of drug-likeness (QED) is 0.0142. The van der Waals surface area contributed by atoms with Crippen molar-refractivity contribution in [1.29, 1.82) is 0 Å². The van der Waals surface area contributed by atoms with E-state index in [-0.39, 0.29) is 135 Å². The molecule has 0 aliphatic heterocycles. The molecule has 139 heavy (non-hydrogen) atoms. The summed E-state index contributed by atoms with van der Waals surface area (Å²) < 4.78 is 38.9. The van der Waals surface area contributed by atoms with Gasteiger partial charge in [0.2, 0.25) is 0 Å². The summed E-state index contributed by atoms with van der Waals surface area (Å²) >= 11 is 31.0. The Balaban J connectivity index is 0.000000166. The molecule has 8 aromatic carbocycles. The van der Waals surface area contributed by atoms with Crippen molar-refractivity contribution in [3.63, 3.8) is 0 Å². The van der Waals surface area contributed by atoms with E-state index in [1.54, 1.807) is 62.9 Å². The number of halogens is 5. The summed E-state index contributed by atoms with van der Waals surface area (Å²) in [4.78, 5) is 90.4. The highest BCUT2D eigenvalue weighted by atomic mass is 35.5. The smallest absolute Gasteiger partial charge is 0.341 e. The number of nitrogens with zero attached hydrogens (tertiary/aromatic N) is 12. The zero-order valence-electron chi connectivity index (χ0n) is 76.4. The molecule has 0 radical (unpaired) electrons. The fourth-order valence-corrected chi connectivity index (χ4v) is 16.6. The molecule has 15 aromatic rings. The number of ether oxygens (including phenoxy) is 6. The standard InChI is InChI=1S/C21H21ClN2O5.2C21H21ClN2O4.2C19H18ClN3O4/c1-28-14-5-3-13(4-6-14)12-24-10-9-23-18(24)8-7-15-19(21(27)29-2)16(25)11-17(26)20(15)22;2*1-13(14-6-4-3-5-7-14)24-11-10-23-18(24)9-8-15-19(21(27)28-2)16(25)12-17(26)20(15)22;1-27-19(26)17-13(18(20)15(25)10-14(17)24)2-3-16-22-8-9-23(16)11-12-4-6-21-7-5-12;1-27-19(26)17-13(18(20)15(25)9-14(17)24)4-5-16-22-7-8-23(16)11-12-3-2-6-21-10-12/h3-6,9-11,25-26H,7-8,12H2,1-2H3;2*3-7,10-13,25-26H,8-9H2,1-2H3;4-10,24-25H,2-3,11H2,1H3;2-3,6-10,24-25H,4-5,11H2,1H3/t;2*13-;;/m.10../s1. The van der Waals surface area contributed by atoms with Gasteiger partial charge in [0.25, 0.3) is 0 Å². The largest absolute Gasteiger partial charge is 0.507 e. The third-order valence-electron chi connectivity index (χ3n) is 22.5. The molecule has 0 aliphatic rings. The Kier molecular flexibility index (Phi) is 37.1. The van der Waals surface area contributed by atoms with Gasteiger partial charge in [0.05, 0.1) is 86.4 Å². The maximum Gasteiger partial charge on any atom is 0.341 e. The minimum atomic E-state index is -0.721. The first kappa shape index (κ1) is 104. The zero-order chi connectivity index (χ0) is 100. The van der Waals surface area contributed by atoms with Gasteiger partial charge in [0, 0.05) is 162 Å². The predicted octanol–water partition coefficient (Wildman–Crippen LogP) is 17.8. The van der Waals surface area contributed by atoms with Crippen molar-refractivity contribution in [1.82, 2.24) is 57.7 Å². The number of rotatable bonds is 31. The van der Waals surface area contributed by atoms with Crippen LogP contribution in [0.4, 0.5) is 0 Å². The van der Waals surface area contributed by atoms with Crippen LogP contribution < -0.4 is 4.74 Å². The third kappa shape index (κ3) is 26.1. The fraction of sp³-hybridized carbons (Fsp3) is 0.228. The van der Waals surface area contributed by atoms with E-state index in [2.05, 4.69) is 48.7 Å². The summed E-state index contributed by atoms with van der Waals surface area (Å²) in [6.45, 7) is 6.00. The molecule has 38 heteroatoms. The molecule has 0 saturated heterocycles. The molecule has 0 fully saturated rings. The van der Waals surface area contributed by atoms with E-state index in [1.807, 2.05) is 163 Å². The van der Waals surface area contributed by atoms with Gasteiger partial charge in [-0.15, -0.1) is 0 Å². The van der Waals surface area contributed by atoms with E-state index in [0.29, 0.717) is 98.8 Å². The van der Waals surface area contributed by atoms with E-state index in [9.17, 15) is 75.0 Å². The fourth-order valence-electron chi connectivity index (χ4n) is 15.4. The number of benzene rings is 8. The molecule has 10 N–H and O–H groups in total. The number of esters is 5. The van der Waals surface area contributed by atoms with Crippen LogP contribution in [0.5, 0.6) is 63.2 Å². The van der Waals surface area contributed by atoms with Crippen molar-refractivity contribution in [2.45, 2.75) is 110 Å². The maximum atomic E-state index is 12.1. The number of carbonyl (C=O) groups excluding carboxylic acids is 5. The highest BCUT2D eigenvalue weighted by Gasteiger charge is 2.30. The second-order valence-corrected chi connectivity index (χ2v) is 32.9. The van der Waals surface area contributed by atoms with Crippen LogP contribution in [0.3, 0.4) is 0 Å². The topological polar surface area (TPSA) is 458 Å². The number of aromatic hydroxyl groups is 10. The Morgan fingerprint density at radius 3 is 0.849 bits per heavy atom. The molecule has 2 atom stereocenters. The second-order valence-electron chi connectivity index (χ2n) is 31.0. The van der Waals surface area contributed by atoms with Gasteiger partial charge in [-0.3, -0.25) is 9.97 Å². The molecule has 0 spiro atoms. The van der Waals surface area contributed by atoms with Crippen molar-refractivity contribution >= 4 is 87.9 Å². The molecule has 0 aliphatic carbocycles. The lowest BCUT2D eigenvalue weighted by Gasteiger charge is -2.18.